The fraction of sp³-hybridized carbons (Fsp3) is 0.643. The van der Waals surface area contributed by atoms with Crippen LogP contribution < -0.4 is 10.6 Å². The molecule has 0 bridgehead atoms. The van der Waals surface area contributed by atoms with Gasteiger partial charge in [0, 0.05) is 25.0 Å². The maximum Gasteiger partial charge on any atom is 0.203 e. The fourth-order valence-electron chi connectivity index (χ4n) is 3.38. The van der Waals surface area contributed by atoms with Gasteiger partial charge >= 0.3 is 0 Å². The van der Waals surface area contributed by atoms with Crippen LogP contribution in [0.3, 0.4) is 0 Å². The number of anilines is 1. The second-order valence-electron chi connectivity index (χ2n) is 5.47. The van der Waals surface area contributed by atoms with E-state index in [2.05, 4.69) is 27.0 Å². The number of nitrogens with zero attached hydrogens (tertiary/aromatic N) is 5. The third-order valence-electron chi connectivity index (χ3n) is 4.41. The topological polar surface area (TPSA) is 72.3 Å². The second-order valence-corrected chi connectivity index (χ2v) is 5.47. The van der Waals surface area contributed by atoms with Crippen LogP contribution in [-0.2, 0) is 0 Å². The van der Waals surface area contributed by atoms with E-state index in [9.17, 15) is 0 Å². The van der Waals surface area contributed by atoms with Gasteiger partial charge in [-0.1, -0.05) is 6.42 Å². The van der Waals surface area contributed by atoms with Crippen LogP contribution in [0.5, 0.6) is 0 Å². The Morgan fingerprint density at radius 3 is 3.00 bits per heavy atom. The predicted octanol–water partition coefficient (Wildman–Crippen LogP) is 1.39. The molecule has 2 unspecified atom stereocenters. The van der Waals surface area contributed by atoms with Crippen molar-refractivity contribution in [3.63, 3.8) is 0 Å². The molecule has 6 nitrogen and oxygen atoms in total. The summed E-state index contributed by atoms with van der Waals surface area (Å²) in [6.07, 6.45) is 7.39. The minimum atomic E-state index is 0.473. The molecule has 2 aromatic heterocycles. The monoisotopic (exact) mass is 274 g/mol. The largest absolute Gasteiger partial charge is 0.350 e. The third-order valence-corrected chi connectivity index (χ3v) is 4.41. The molecule has 2 aromatic rings. The van der Waals surface area contributed by atoms with E-state index in [-0.39, 0.29) is 0 Å². The smallest absolute Gasteiger partial charge is 0.203 e. The zero-order valence-electron chi connectivity index (χ0n) is 12.2. The minimum absolute atomic E-state index is 0.473. The lowest BCUT2D eigenvalue weighted by Crippen LogP contribution is -2.41. The van der Waals surface area contributed by atoms with E-state index in [0.29, 0.717) is 12.0 Å². The molecule has 1 aliphatic rings. The Morgan fingerprint density at radius 1 is 1.40 bits per heavy atom. The first-order chi connectivity index (χ1) is 9.76. The van der Waals surface area contributed by atoms with Crippen molar-refractivity contribution in [2.75, 3.05) is 18.0 Å². The van der Waals surface area contributed by atoms with Gasteiger partial charge in [0.25, 0.3) is 0 Å². The van der Waals surface area contributed by atoms with Crippen LogP contribution in [0, 0.1) is 12.8 Å². The number of rotatable bonds is 4. The molecule has 0 amide bonds. The van der Waals surface area contributed by atoms with Crippen LogP contribution in [-0.4, -0.2) is 38.7 Å². The Balaban J connectivity index is 2.03. The van der Waals surface area contributed by atoms with Crippen LogP contribution in [0.1, 0.15) is 32.0 Å². The minimum Gasteiger partial charge on any atom is -0.350 e. The zero-order valence-corrected chi connectivity index (χ0v) is 12.2. The van der Waals surface area contributed by atoms with E-state index < -0.39 is 0 Å². The molecule has 1 saturated carbocycles. The molecule has 1 fully saturated rings. The maximum absolute atomic E-state index is 5.93. The molecule has 0 radical (unpaired) electrons. The number of hydrogen-bond donors (Lipinski definition) is 1. The molecule has 0 aromatic carbocycles. The average Bonchev–Trinajstić information content (AvgIpc) is 3.08. The molecule has 2 N–H and O–H groups in total. The number of hydrogen-bond acceptors (Lipinski definition) is 5. The summed E-state index contributed by atoms with van der Waals surface area (Å²) < 4.78 is 2.00. The quantitative estimate of drug-likeness (QED) is 0.912. The Morgan fingerprint density at radius 2 is 2.25 bits per heavy atom. The molecular weight excluding hydrogens is 252 g/mol. The van der Waals surface area contributed by atoms with Gasteiger partial charge in [-0.05, 0) is 39.2 Å². The summed E-state index contributed by atoms with van der Waals surface area (Å²) in [5, 5.41) is 8.45. The summed E-state index contributed by atoms with van der Waals surface area (Å²) in [5.74, 6) is 2.38. The van der Waals surface area contributed by atoms with Crippen molar-refractivity contribution in [1.29, 1.82) is 0 Å². The summed E-state index contributed by atoms with van der Waals surface area (Å²) >= 11 is 0. The van der Waals surface area contributed by atoms with Crippen molar-refractivity contribution in [2.45, 2.75) is 39.2 Å². The van der Waals surface area contributed by atoms with Crippen LogP contribution in [0.15, 0.2) is 12.4 Å². The average molecular weight is 274 g/mol. The Kier molecular flexibility index (Phi) is 3.56. The second kappa shape index (κ2) is 5.36. The van der Waals surface area contributed by atoms with Gasteiger partial charge in [0.1, 0.15) is 5.82 Å². The molecule has 2 heterocycles. The summed E-state index contributed by atoms with van der Waals surface area (Å²) in [5.41, 5.74) is 6.77. The molecular formula is C14H22N6. The van der Waals surface area contributed by atoms with Gasteiger partial charge in [0.2, 0.25) is 5.65 Å². The van der Waals surface area contributed by atoms with E-state index in [4.69, 9.17) is 5.73 Å². The lowest BCUT2D eigenvalue weighted by molar-refractivity contribution is 0.460. The van der Waals surface area contributed by atoms with Crippen molar-refractivity contribution >= 4 is 11.5 Å². The maximum atomic E-state index is 5.93. The lowest BCUT2D eigenvalue weighted by atomic mass is 10.0. The van der Waals surface area contributed by atoms with Gasteiger partial charge in [0.15, 0.2) is 5.82 Å². The van der Waals surface area contributed by atoms with Crippen LogP contribution in [0.2, 0.25) is 0 Å². The highest BCUT2D eigenvalue weighted by molar-refractivity contribution is 5.64. The van der Waals surface area contributed by atoms with Crippen LogP contribution in [0.4, 0.5) is 5.82 Å². The standard InChI is InChI=1S/C14H22N6/c1-3-19(12-6-4-5-11(12)9-15)13-14-18-17-10(2)20(14)8-7-16-13/h7-8,11-12H,3-6,9,15H2,1-2H3. The van der Waals surface area contributed by atoms with Gasteiger partial charge in [0.05, 0.1) is 0 Å². The predicted molar refractivity (Wildman–Crippen MR) is 78.7 cm³/mol. The lowest BCUT2D eigenvalue weighted by Gasteiger charge is -2.32. The van der Waals surface area contributed by atoms with Gasteiger partial charge in [-0.3, -0.25) is 4.40 Å². The number of fused-ring (bicyclic) bond motifs is 1. The molecule has 20 heavy (non-hydrogen) atoms. The SMILES string of the molecule is CCN(c1nccn2c(C)nnc12)C1CCCC1CN. The zero-order chi connectivity index (χ0) is 14.1. The number of nitrogens with two attached hydrogens (primary N) is 1. The Bertz CT molecular complexity index is 592. The van der Waals surface area contributed by atoms with E-state index in [1.807, 2.05) is 23.7 Å². The summed E-state index contributed by atoms with van der Waals surface area (Å²) in [7, 11) is 0. The molecule has 2 atom stereocenters. The first-order valence-corrected chi connectivity index (χ1v) is 7.39. The molecule has 3 rings (SSSR count). The Hall–Kier alpha value is -1.69. The molecule has 0 aliphatic heterocycles. The highest BCUT2D eigenvalue weighted by Gasteiger charge is 2.32. The van der Waals surface area contributed by atoms with E-state index >= 15 is 0 Å². The highest BCUT2D eigenvalue weighted by Crippen LogP contribution is 2.32. The van der Waals surface area contributed by atoms with Crippen molar-refractivity contribution in [3.8, 4) is 0 Å². The number of aryl methyl sites for hydroxylation is 1. The third kappa shape index (κ3) is 2.04. The van der Waals surface area contributed by atoms with Gasteiger partial charge in [-0.2, -0.15) is 0 Å². The van der Waals surface area contributed by atoms with Crippen LogP contribution >= 0.6 is 0 Å². The molecule has 0 saturated heterocycles. The Labute approximate surface area is 119 Å². The van der Waals surface area contributed by atoms with Gasteiger partial charge in [-0.25, -0.2) is 4.98 Å². The van der Waals surface area contributed by atoms with Crippen molar-refractivity contribution in [1.82, 2.24) is 19.6 Å². The molecule has 6 heteroatoms. The van der Waals surface area contributed by atoms with Gasteiger partial charge in [-0.15, -0.1) is 10.2 Å². The van der Waals surface area contributed by atoms with Crippen molar-refractivity contribution in [3.05, 3.63) is 18.2 Å². The summed E-state index contributed by atoms with van der Waals surface area (Å²) in [4.78, 5) is 6.92. The van der Waals surface area contributed by atoms with E-state index in [1.165, 1.54) is 19.3 Å². The van der Waals surface area contributed by atoms with Crippen LogP contribution in [0.25, 0.3) is 5.65 Å². The first-order valence-electron chi connectivity index (χ1n) is 7.39. The highest BCUT2D eigenvalue weighted by atomic mass is 15.3. The summed E-state index contributed by atoms with van der Waals surface area (Å²) in [6.45, 7) is 5.79. The van der Waals surface area contributed by atoms with Crippen molar-refractivity contribution < 1.29 is 0 Å². The number of aromatic nitrogens is 4. The molecule has 0 spiro atoms. The molecule has 108 valence electrons. The van der Waals surface area contributed by atoms with E-state index in [0.717, 1.165) is 30.4 Å². The van der Waals surface area contributed by atoms with Crippen molar-refractivity contribution in [2.24, 2.45) is 11.7 Å². The van der Waals surface area contributed by atoms with E-state index in [1.54, 1.807) is 0 Å². The summed E-state index contributed by atoms with van der Waals surface area (Å²) in [6, 6.07) is 0.473. The normalized spacial score (nSPS) is 22.6. The first kappa shape index (κ1) is 13.3. The fourth-order valence-corrected chi connectivity index (χ4v) is 3.38. The molecule has 1 aliphatic carbocycles. The van der Waals surface area contributed by atoms with Gasteiger partial charge < -0.3 is 10.6 Å².